The largest absolute Gasteiger partial charge is 0.445 e. The predicted octanol–water partition coefficient (Wildman–Crippen LogP) is 0.967. The molecule has 0 aromatic carbocycles. The summed E-state index contributed by atoms with van der Waals surface area (Å²) in [5, 5.41) is 5.79. The molecule has 5 nitrogen and oxygen atoms in total. The lowest BCUT2D eigenvalue weighted by molar-refractivity contribution is -0.138. The highest BCUT2D eigenvalue weighted by Crippen LogP contribution is 2.33. The molecule has 2 N–H and O–H groups in total. The van der Waals surface area contributed by atoms with Gasteiger partial charge in [0.05, 0.1) is 6.61 Å². The Morgan fingerprint density at radius 1 is 1.47 bits per heavy atom. The standard InChI is InChI=1S/C8H13F3N4OS/c1-15(3-5(12)4-16-2)7-14-13-6(17-7)8(9,10)11/h5H,3-4,12H2,1-2H3. The molecular formula is C8H13F3N4OS. The van der Waals surface area contributed by atoms with Crippen molar-refractivity contribution in [3.63, 3.8) is 0 Å². The number of aromatic nitrogens is 2. The van der Waals surface area contributed by atoms with E-state index in [1.165, 1.54) is 12.0 Å². The van der Waals surface area contributed by atoms with Crippen LogP contribution < -0.4 is 10.6 Å². The van der Waals surface area contributed by atoms with Crippen molar-refractivity contribution in [1.29, 1.82) is 0 Å². The molecule has 1 rings (SSSR count). The van der Waals surface area contributed by atoms with Gasteiger partial charge < -0.3 is 15.4 Å². The van der Waals surface area contributed by atoms with Crippen LogP contribution in [0, 0.1) is 0 Å². The molecular weight excluding hydrogens is 257 g/mol. The molecule has 0 fully saturated rings. The summed E-state index contributed by atoms with van der Waals surface area (Å²) in [6.07, 6.45) is -4.45. The predicted molar refractivity (Wildman–Crippen MR) is 58.0 cm³/mol. The summed E-state index contributed by atoms with van der Waals surface area (Å²) in [6.45, 7) is 0.676. The van der Waals surface area contributed by atoms with Gasteiger partial charge in [0.15, 0.2) is 0 Å². The van der Waals surface area contributed by atoms with Crippen molar-refractivity contribution in [2.24, 2.45) is 5.73 Å². The van der Waals surface area contributed by atoms with Crippen LogP contribution in [0.3, 0.4) is 0 Å². The monoisotopic (exact) mass is 270 g/mol. The van der Waals surface area contributed by atoms with Crippen molar-refractivity contribution in [2.45, 2.75) is 12.2 Å². The number of hydrogen-bond acceptors (Lipinski definition) is 6. The van der Waals surface area contributed by atoms with Gasteiger partial charge in [-0.3, -0.25) is 0 Å². The van der Waals surface area contributed by atoms with Gasteiger partial charge in [0.2, 0.25) is 10.1 Å². The number of ether oxygens (including phenoxy) is 1. The summed E-state index contributed by atoms with van der Waals surface area (Å²) in [4.78, 5) is 1.52. The Hall–Kier alpha value is -0.930. The molecule has 1 aromatic rings. The average molecular weight is 270 g/mol. The van der Waals surface area contributed by atoms with Crippen molar-refractivity contribution in [1.82, 2.24) is 10.2 Å². The average Bonchev–Trinajstić information content (AvgIpc) is 2.65. The molecule has 98 valence electrons. The summed E-state index contributed by atoms with van der Waals surface area (Å²) in [5.41, 5.74) is 5.68. The third kappa shape index (κ3) is 4.10. The molecule has 0 aliphatic rings. The molecule has 0 spiro atoms. The number of methoxy groups -OCH3 is 1. The molecule has 17 heavy (non-hydrogen) atoms. The van der Waals surface area contributed by atoms with E-state index in [0.29, 0.717) is 24.5 Å². The van der Waals surface area contributed by atoms with E-state index in [4.69, 9.17) is 10.5 Å². The van der Waals surface area contributed by atoms with Crippen molar-refractivity contribution in [2.75, 3.05) is 32.2 Å². The van der Waals surface area contributed by atoms with Crippen molar-refractivity contribution < 1.29 is 17.9 Å². The van der Waals surface area contributed by atoms with E-state index in [9.17, 15) is 13.2 Å². The maximum absolute atomic E-state index is 12.3. The normalized spacial score (nSPS) is 13.8. The smallest absolute Gasteiger partial charge is 0.383 e. The summed E-state index contributed by atoms with van der Waals surface area (Å²) in [6, 6.07) is -0.289. The topological polar surface area (TPSA) is 64.3 Å². The molecule has 1 aromatic heterocycles. The van der Waals surface area contributed by atoms with E-state index < -0.39 is 11.2 Å². The van der Waals surface area contributed by atoms with Gasteiger partial charge in [-0.05, 0) is 0 Å². The van der Waals surface area contributed by atoms with Gasteiger partial charge in [0.1, 0.15) is 0 Å². The quantitative estimate of drug-likeness (QED) is 0.863. The van der Waals surface area contributed by atoms with E-state index in [1.54, 1.807) is 7.05 Å². The van der Waals surface area contributed by atoms with Crippen LogP contribution in [0.25, 0.3) is 0 Å². The Morgan fingerprint density at radius 3 is 2.59 bits per heavy atom. The fourth-order valence-electron chi connectivity index (χ4n) is 1.18. The van der Waals surface area contributed by atoms with E-state index in [2.05, 4.69) is 10.2 Å². The van der Waals surface area contributed by atoms with Gasteiger partial charge >= 0.3 is 6.18 Å². The fraction of sp³-hybridized carbons (Fsp3) is 0.750. The van der Waals surface area contributed by atoms with Gasteiger partial charge in [-0.15, -0.1) is 10.2 Å². The second-order valence-electron chi connectivity index (χ2n) is 3.48. The molecule has 0 bridgehead atoms. The fourth-order valence-corrected chi connectivity index (χ4v) is 1.86. The molecule has 0 aliphatic carbocycles. The van der Waals surface area contributed by atoms with Gasteiger partial charge in [-0.1, -0.05) is 11.3 Å². The number of nitrogens with zero attached hydrogens (tertiary/aromatic N) is 3. The van der Waals surface area contributed by atoms with Crippen LogP contribution in [0.4, 0.5) is 18.3 Å². The minimum atomic E-state index is -4.45. The third-order valence-electron chi connectivity index (χ3n) is 1.87. The molecule has 0 aliphatic heterocycles. The van der Waals surface area contributed by atoms with Crippen molar-refractivity contribution in [3.8, 4) is 0 Å². The number of likely N-dealkylation sites (N-methyl/N-ethyl adjacent to an activating group) is 1. The lowest BCUT2D eigenvalue weighted by atomic mass is 10.3. The Labute approximate surface area is 100 Å². The minimum absolute atomic E-state index is 0.184. The van der Waals surface area contributed by atoms with Crippen LogP contribution in [-0.4, -0.2) is 43.5 Å². The van der Waals surface area contributed by atoms with E-state index >= 15 is 0 Å². The van der Waals surface area contributed by atoms with Crippen molar-refractivity contribution >= 4 is 16.5 Å². The second-order valence-corrected chi connectivity index (χ2v) is 4.44. The van der Waals surface area contributed by atoms with Crippen LogP contribution in [0.2, 0.25) is 0 Å². The lowest BCUT2D eigenvalue weighted by Crippen LogP contribution is -2.38. The van der Waals surface area contributed by atoms with E-state index in [1.807, 2.05) is 0 Å². The highest BCUT2D eigenvalue weighted by atomic mass is 32.1. The molecule has 1 atom stereocenters. The molecule has 0 saturated carbocycles. The van der Waals surface area contributed by atoms with Gasteiger partial charge in [0, 0.05) is 26.7 Å². The maximum Gasteiger partial charge on any atom is 0.445 e. The minimum Gasteiger partial charge on any atom is -0.383 e. The Balaban J connectivity index is 2.64. The highest BCUT2D eigenvalue weighted by Gasteiger charge is 2.36. The van der Waals surface area contributed by atoms with Crippen LogP contribution in [-0.2, 0) is 10.9 Å². The Kier molecular flexibility index (Phi) is 4.66. The Bertz CT molecular complexity index is 357. The summed E-state index contributed by atoms with van der Waals surface area (Å²) in [7, 11) is 3.11. The highest BCUT2D eigenvalue weighted by molar-refractivity contribution is 7.15. The van der Waals surface area contributed by atoms with Crippen molar-refractivity contribution in [3.05, 3.63) is 5.01 Å². The van der Waals surface area contributed by atoms with Gasteiger partial charge in [0.25, 0.3) is 0 Å². The molecule has 1 heterocycles. The Morgan fingerprint density at radius 2 is 2.12 bits per heavy atom. The molecule has 9 heteroatoms. The van der Waals surface area contributed by atoms with Crippen LogP contribution >= 0.6 is 11.3 Å². The lowest BCUT2D eigenvalue weighted by Gasteiger charge is -2.19. The number of hydrogen-bond donors (Lipinski definition) is 1. The molecule has 0 amide bonds. The SMILES string of the molecule is COCC(N)CN(C)c1nnc(C(F)(F)F)s1. The summed E-state index contributed by atoms with van der Waals surface area (Å²) >= 11 is 0.490. The van der Waals surface area contributed by atoms with Crippen LogP contribution in [0.5, 0.6) is 0 Å². The first-order valence-electron chi connectivity index (χ1n) is 4.71. The first kappa shape index (κ1) is 14.1. The second kappa shape index (κ2) is 5.61. The number of halogens is 3. The van der Waals surface area contributed by atoms with E-state index in [0.717, 1.165) is 0 Å². The zero-order chi connectivity index (χ0) is 13.1. The zero-order valence-corrected chi connectivity index (χ0v) is 10.2. The number of nitrogens with two attached hydrogens (primary N) is 1. The van der Waals surface area contributed by atoms with Gasteiger partial charge in [-0.25, -0.2) is 0 Å². The third-order valence-corrected chi connectivity index (χ3v) is 2.95. The molecule has 0 radical (unpaired) electrons. The first-order chi connectivity index (χ1) is 7.84. The summed E-state index contributed by atoms with van der Waals surface area (Å²) < 4.78 is 41.7. The first-order valence-corrected chi connectivity index (χ1v) is 5.52. The van der Waals surface area contributed by atoms with Gasteiger partial charge in [-0.2, -0.15) is 13.2 Å². The molecule has 1 unspecified atom stereocenters. The number of rotatable bonds is 5. The number of alkyl halides is 3. The zero-order valence-electron chi connectivity index (χ0n) is 9.36. The molecule has 0 saturated heterocycles. The van der Waals surface area contributed by atoms with E-state index in [-0.39, 0.29) is 11.2 Å². The van der Waals surface area contributed by atoms with Crippen LogP contribution in [0.1, 0.15) is 5.01 Å². The van der Waals surface area contributed by atoms with Crippen LogP contribution in [0.15, 0.2) is 0 Å². The summed E-state index contributed by atoms with van der Waals surface area (Å²) in [5.74, 6) is 0. The maximum atomic E-state index is 12.3. The number of anilines is 1.